The molecule has 1 aliphatic carbocycles. The summed E-state index contributed by atoms with van der Waals surface area (Å²) in [7, 11) is 0. The first-order valence-corrected chi connectivity index (χ1v) is 21.0. The molecule has 11 rings (SSSR count). The van der Waals surface area contributed by atoms with Gasteiger partial charge in [0.25, 0.3) is 0 Å². The van der Waals surface area contributed by atoms with E-state index < -0.39 is 11.8 Å². The molecule has 7 unspecified atom stereocenters. The number of aromatic nitrogens is 7. The predicted molar refractivity (Wildman–Crippen MR) is 217 cm³/mol. The number of hydrogen-bond acceptors (Lipinski definition) is 13. The number of nitrogens with one attached hydrogen (secondary N) is 2. The highest BCUT2D eigenvalue weighted by Crippen LogP contribution is 2.51. The van der Waals surface area contributed by atoms with Crippen LogP contribution >= 0.6 is 47.0 Å². The van der Waals surface area contributed by atoms with Crippen molar-refractivity contribution in [3.8, 4) is 0 Å². The average Bonchev–Trinajstić information content (AvgIpc) is 3.90. The average molecular weight is 788 g/mol. The minimum atomic E-state index is -0.572. The van der Waals surface area contributed by atoms with E-state index in [2.05, 4.69) is 16.5 Å². The van der Waals surface area contributed by atoms with Crippen molar-refractivity contribution in [2.24, 2.45) is 11.8 Å². The van der Waals surface area contributed by atoms with Crippen molar-refractivity contribution < 1.29 is 19.2 Å². The molecule has 268 valence electrons. The Morgan fingerprint density at radius 3 is 2.19 bits per heavy atom. The first-order chi connectivity index (χ1) is 26.0. The molecular formula is C39H29N7O4S4. The maximum Gasteiger partial charge on any atom is 0.220 e. The third-order valence-electron chi connectivity index (χ3n) is 10.4. The van der Waals surface area contributed by atoms with E-state index in [1.165, 1.54) is 47.0 Å². The second-order valence-corrected chi connectivity index (χ2v) is 18.9. The minimum absolute atomic E-state index is 0.000100. The van der Waals surface area contributed by atoms with Crippen molar-refractivity contribution in [3.63, 3.8) is 0 Å². The van der Waals surface area contributed by atoms with E-state index in [0.29, 0.717) is 73.5 Å². The molecule has 0 fully saturated rings. The molecule has 8 aliphatic rings. The Morgan fingerprint density at radius 2 is 1.39 bits per heavy atom. The molecule has 10 heterocycles. The third-order valence-corrected chi connectivity index (χ3v) is 14.8. The topological polar surface area (TPSA) is 164 Å². The summed E-state index contributed by atoms with van der Waals surface area (Å²) in [6, 6.07) is 3.78. The van der Waals surface area contributed by atoms with Crippen LogP contribution in [0, 0.1) is 11.8 Å². The number of aromatic amines is 2. The molecule has 0 saturated carbocycles. The van der Waals surface area contributed by atoms with Crippen LogP contribution in [0.25, 0.3) is 50.7 Å². The van der Waals surface area contributed by atoms with Crippen molar-refractivity contribution in [1.29, 1.82) is 0 Å². The summed E-state index contributed by atoms with van der Waals surface area (Å²) in [5.74, 6) is 0.158. The van der Waals surface area contributed by atoms with Crippen molar-refractivity contribution >= 4 is 118 Å². The van der Waals surface area contributed by atoms with Gasteiger partial charge in [-0.25, -0.2) is 24.9 Å². The summed E-state index contributed by atoms with van der Waals surface area (Å²) in [5, 5.41) is -0.929. The molecule has 0 saturated heterocycles. The van der Waals surface area contributed by atoms with Crippen LogP contribution in [0.15, 0.2) is 55.2 Å². The molecule has 10 bridgehead atoms. The first-order valence-electron chi connectivity index (χ1n) is 17.4. The van der Waals surface area contributed by atoms with Crippen LogP contribution in [-0.4, -0.2) is 71.1 Å². The third kappa shape index (κ3) is 5.34. The number of nitrogens with zero attached hydrogens (tertiary/aromatic N) is 5. The van der Waals surface area contributed by atoms with Crippen molar-refractivity contribution in [2.75, 3.05) is 0 Å². The molecule has 0 amide bonds. The van der Waals surface area contributed by atoms with Gasteiger partial charge in [-0.3, -0.25) is 19.2 Å². The fourth-order valence-electron chi connectivity index (χ4n) is 7.73. The van der Waals surface area contributed by atoms with Crippen LogP contribution in [0.5, 0.6) is 0 Å². The number of allylic oxidation sites excluding steroid dienone is 4. The normalized spacial score (nSPS) is 28.5. The summed E-state index contributed by atoms with van der Waals surface area (Å²) in [6.07, 6.45) is 13.6. The zero-order valence-corrected chi connectivity index (χ0v) is 32.2. The van der Waals surface area contributed by atoms with Crippen LogP contribution in [0.2, 0.25) is 0 Å². The molecule has 15 heteroatoms. The molecule has 2 N–H and O–H groups in total. The summed E-state index contributed by atoms with van der Waals surface area (Å²) in [5.41, 5.74) is 6.90. The Balaban J connectivity index is 1.31. The molecule has 0 radical (unpaired) electrons. The molecule has 11 nitrogen and oxygen atoms in total. The highest BCUT2D eigenvalue weighted by molar-refractivity contribution is 8.15. The number of thioether (sulfide) groups is 4. The van der Waals surface area contributed by atoms with E-state index in [9.17, 15) is 19.2 Å². The van der Waals surface area contributed by atoms with Gasteiger partial charge in [0.2, 0.25) is 15.3 Å². The van der Waals surface area contributed by atoms with E-state index in [1.54, 1.807) is 0 Å². The van der Waals surface area contributed by atoms with Gasteiger partial charge in [-0.05, 0) is 32.1 Å². The monoisotopic (exact) mass is 787 g/mol. The van der Waals surface area contributed by atoms with Crippen LogP contribution in [0.4, 0.5) is 0 Å². The number of hydrogen-bond donors (Lipinski definition) is 2. The van der Waals surface area contributed by atoms with Crippen LogP contribution in [-0.2, 0) is 19.2 Å². The van der Waals surface area contributed by atoms with Crippen LogP contribution in [0.1, 0.15) is 71.9 Å². The lowest BCUT2D eigenvalue weighted by atomic mass is 9.88. The van der Waals surface area contributed by atoms with Gasteiger partial charge in [-0.15, -0.1) is 0 Å². The lowest BCUT2D eigenvalue weighted by Crippen LogP contribution is -2.26. The van der Waals surface area contributed by atoms with Crippen molar-refractivity contribution in [3.05, 3.63) is 95.2 Å². The number of H-pyrrole nitrogens is 2. The van der Waals surface area contributed by atoms with Crippen LogP contribution in [0.3, 0.4) is 0 Å². The number of fused-ring (bicyclic) bond motifs is 12. The van der Waals surface area contributed by atoms with Gasteiger partial charge in [0.1, 0.15) is 11.3 Å². The lowest BCUT2D eigenvalue weighted by Gasteiger charge is -2.29. The van der Waals surface area contributed by atoms with Gasteiger partial charge >= 0.3 is 0 Å². The van der Waals surface area contributed by atoms with Gasteiger partial charge in [0.05, 0.1) is 27.9 Å². The Bertz CT molecular complexity index is 2670. The second-order valence-electron chi connectivity index (χ2n) is 13.9. The molecule has 54 heavy (non-hydrogen) atoms. The lowest BCUT2D eigenvalue weighted by molar-refractivity contribution is -0.113. The number of carbonyl (C=O) groups is 4. The highest BCUT2D eigenvalue weighted by atomic mass is 32.2. The molecule has 3 aromatic rings. The largest absolute Gasteiger partial charge is 0.340 e. The Morgan fingerprint density at radius 1 is 0.667 bits per heavy atom. The summed E-state index contributed by atoms with van der Waals surface area (Å²) >= 11 is 4.92. The number of rotatable bonds is 2. The van der Waals surface area contributed by atoms with Crippen molar-refractivity contribution in [2.45, 2.75) is 47.7 Å². The Hall–Kier alpha value is -4.57. The maximum atomic E-state index is 13.5. The predicted octanol–water partition coefficient (Wildman–Crippen LogP) is 7.26. The SMILES string of the molecule is C=C1C(=O)SC(C)c2c1c1cc3cc(C4C=CC(C)SC4=O)c(nc4nc(nc5nc(nc2[nH]1)C1=C5C2C=CC1C(=O)S2)C=C4C1C=CC(C)C(=O)S1)[nH]3. The molecule has 7 atom stereocenters. The van der Waals surface area contributed by atoms with Gasteiger partial charge in [0, 0.05) is 60.9 Å². The van der Waals surface area contributed by atoms with E-state index in [-0.39, 0.29) is 47.4 Å². The van der Waals surface area contributed by atoms with Crippen molar-refractivity contribution in [1.82, 2.24) is 34.9 Å². The van der Waals surface area contributed by atoms with Crippen LogP contribution < -0.4 is 0 Å². The van der Waals surface area contributed by atoms with E-state index in [1.807, 2.05) is 75.4 Å². The van der Waals surface area contributed by atoms with E-state index in [0.717, 1.165) is 11.1 Å². The smallest absolute Gasteiger partial charge is 0.220 e. The van der Waals surface area contributed by atoms with Gasteiger partial charge < -0.3 is 9.97 Å². The molecular weight excluding hydrogens is 759 g/mol. The molecule has 0 aromatic carbocycles. The summed E-state index contributed by atoms with van der Waals surface area (Å²) < 4.78 is 0. The standard InChI is InChI=1S/C39H29N7O4S4/c1-14-5-9-24(53-36(14)47)22-13-26-42-32(22)44-31-21(19-7-6-15(2)51-38(19)49)11-18(40-31)12-23-27-16(3)37(48)52-17(4)28(27)33(41-23)45-34-29-20-8-10-25(54-39(20)50)30(29)35(43-26)46-34/h5-15,17,19-20,24-25H,3H2,1-2,4H3,(H2,40,41,42,43,44,45,46). The highest BCUT2D eigenvalue weighted by Gasteiger charge is 2.44. The van der Waals surface area contributed by atoms with Gasteiger partial charge in [0.15, 0.2) is 28.4 Å². The molecule has 0 spiro atoms. The van der Waals surface area contributed by atoms with Gasteiger partial charge in [-0.1, -0.05) is 97.0 Å². The second kappa shape index (κ2) is 12.5. The maximum absolute atomic E-state index is 13.5. The molecule has 3 aromatic heterocycles. The molecule has 7 aliphatic heterocycles. The summed E-state index contributed by atoms with van der Waals surface area (Å²) in [6.45, 7) is 9.99. The number of carbonyl (C=O) groups excluding carboxylic acids is 4. The quantitative estimate of drug-likeness (QED) is 0.197. The fraction of sp³-hybridized carbons (Fsp3) is 0.256. The minimum Gasteiger partial charge on any atom is -0.340 e. The first kappa shape index (κ1) is 34.0. The Kier molecular flexibility index (Phi) is 7.85. The van der Waals surface area contributed by atoms with E-state index >= 15 is 0 Å². The summed E-state index contributed by atoms with van der Waals surface area (Å²) in [4.78, 5) is 84.9. The van der Waals surface area contributed by atoms with E-state index in [4.69, 9.17) is 24.9 Å². The zero-order valence-electron chi connectivity index (χ0n) is 28.9. The Labute approximate surface area is 325 Å². The fourth-order valence-corrected chi connectivity index (χ4v) is 11.7. The zero-order chi connectivity index (χ0) is 37.2. The van der Waals surface area contributed by atoms with Gasteiger partial charge in [-0.2, -0.15) is 0 Å².